The summed E-state index contributed by atoms with van der Waals surface area (Å²) in [5.74, 6) is -0.253. The molecule has 1 fully saturated rings. The Morgan fingerprint density at radius 2 is 2.11 bits per heavy atom. The second-order valence-corrected chi connectivity index (χ2v) is 4.81. The van der Waals surface area contributed by atoms with Gasteiger partial charge in [0.15, 0.2) is 0 Å². The first kappa shape index (κ1) is 15.9. The maximum Gasteiger partial charge on any atom is 0.230 e. The Kier molecular flexibility index (Phi) is 5.76. The minimum Gasteiger partial charge on any atom is -0.354 e. The first-order chi connectivity index (χ1) is 8.69. The molecule has 1 aliphatic rings. The molecule has 0 aliphatic heterocycles. The van der Waals surface area contributed by atoms with Crippen LogP contribution in [-0.4, -0.2) is 26.0 Å². The summed E-state index contributed by atoms with van der Waals surface area (Å²) >= 11 is 0. The van der Waals surface area contributed by atoms with Crippen molar-refractivity contribution >= 4 is 18.3 Å². The molecule has 0 spiro atoms. The molecule has 19 heavy (non-hydrogen) atoms. The van der Waals surface area contributed by atoms with Gasteiger partial charge in [0.25, 0.3) is 0 Å². The van der Waals surface area contributed by atoms with Gasteiger partial charge in [0, 0.05) is 13.1 Å². The van der Waals surface area contributed by atoms with E-state index >= 15 is 0 Å². The third kappa shape index (κ3) is 3.25. The number of amides is 1. The van der Waals surface area contributed by atoms with Crippen molar-refractivity contribution in [3.8, 4) is 0 Å². The van der Waals surface area contributed by atoms with Crippen molar-refractivity contribution < 1.29 is 9.18 Å². The molecule has 0 saturated heterocycles. The molecule has 5 heteroatoms. The third-order valence-electron chi connectivity index (χ3n) is 3.68. The highest BCUT2D eigenvalue weighted by atomic mass is 35.5. The zero-order valence-electron chi connectivity index (χ0n) is 11.0. The number of hydrogen-bond acceptors (Lipinski definition) is 2. The Balaban J connectivity index is 0.00000180. The van der Waals surface area contributed by atoms with Gasteiger partial charge in [-0.15, -0.1) is 12.4 Å². The largest absolute Gasteiger partial charge is 0.354 e. The van der Waals surface area contributed by atoms with Crippen LogP contribution in [0.15, 0.2) is 24.3 Å². The lowest BCUT2D eigenvalue weighted by molar-refractivity contribution is -0.129. The molecule has 1 saturated carbocycles. The zero-order valence-corrected chi connectivity index (χ0v) is 11.9. The van der Waals surface area contributed by atoms with Gasteiger partial charge < -0.3 is 10.6 Å². The van der Waals surface area contributed by atoms with Crippen molar-refractivity contribution in [2.45, 2.75) is 24.7 Å². The van der Waals surface area contributed by atoms with Crippen molar-refractivity contribution in [2.24, 2.45) is 0 Å². The molecule has 0 bridgehead atoms. The van der Waals surface area contributed by atoms with Crippen LogP contribution in [0.1, 0.15) is 24.8 Å². The van der Waals surface area contributed by atoms with E-state index in [9.17, 15) is 9.18 Å². The van der Waals surface area contributed by atoms with E-state index in [1.165, 1.54) is 12.1 Å². The van der Waals surface area contributed by atoms with E-state index in [0.717, 1.165) is 31.4 Å². The molecular weight excluding hydrogens is 267 g/mol. The second-order valence-electron chi connectivity index (χ2n) is 4.81. The molecule has 1 amide bonds. The number of likely N-dealkylation sites (N-methyl/N-ethyl adjacent to an activating group) is 1. The molecule has 0 atom stereocenters. The van der Waals surface area contributed by atoms with Gasteiger partial charge in [0.05, 0.1) is 5.41 Å². The van der Waals surface area contributed by atoms with Crippen LogP contribution in [-0.2, 0) is 10.2 Å². The summed E-state index contributed by atoms with van der Waals surface area (Å²) in [7, 11) is 1.85. The van der Waals surface area contributed by atoms with E-state index in [-0.39, 0.29) is 24.1 Å². The van der Waals surface area contributed by atoms with E-state index in [2.05, 4.69) is 10.6 Å². The number of hydrogen-bond donors (Lipinski definition) is 2. The third-order valence-corrected chi connectivity index (χ3v) is 3.68. The minimum atomic E-state index is -0.504. The van der Waals surface area contributed by atoms with Crippen LogP contribution in [0.25, 0.3) is 0 Å². The molecule has 106 valence electrons. The van der Waals surface area contributed by atoms with Gasteiger partial charge in [-0.3, -0.25) is 4.79 Å². The van der Waals surface area contributed by atoms with Gasteiger partial charge in [-0.25, -0.2) is 4.39 Å². The van der Waals surface area contributed by atoms with E-state index < -0.39 is 5.41 Å². The predicted octanol–water partition coefficient (Wildman–Crippen LogP) is 2.00. The fourth-order valence-electron chi connectivity index (χ4n) is 2.43. The van der Waals surface area contributed by atoms with Crippen LogP contribution in [0, 0.1) is 5.82 Å². The Labute approximate surface area is 119 Å². The van der Waals surface area contributed by atoms with Crippen LogP contribution < -0.4 is 10.6 Å². The molecule has 0 unspecified atom stereocenters. The van der Waals surface area contributed by atoms with Crippen LogP contribution in [0.3, 0.4) is 0 Å². The topological polar surface area (TPSA) is 41.1 Å². The standard InChI is InChI=1S/C14H19FN2O.ClH/c1-16-8-9-17-13(18)14(6-3-7-14)11-4-2-5-12(15)10-11;/h2,4-5,10,16H,3,6-9H2,1H3,(H,17,18);1H. The molecule has 2 N–H and O–H groups in total. The average Bonchev–Trinajstić information content (AvgIpc) is 2.28. The van der Waals surface area contributed by atoms with E-state index in [1.54, 1.807) is 6.07 Å². The lowest BCUT2D eigenvalue weighted by Gasteiger charge is -2.40. The molecule has 2 rings (SSSR count). The maximum atomic E-state index is 13.3. The quantitative estimate of drug-likeness (QED) is 0.813. The molecule has 0 radical (unpaired) electrons. The minimum absolute atomic E-state index is 0. The van der Waals surface area contributed by atoms with E-state index in [1.807, 2.05) is 13.1 Å². The number of halogens is 2. The van der Waals surface area contributed by atoms with Crippen LogP contribution in [0.2, 0.25) is 0 Å². The number of carbonyl (C=O) groups excluding carboxylic acids is 1. The monoisotopic (exact) mass is 286 g/mol. The lowest BCUT2D eigenvalue weighted by atomic mass is 9.64. The Hall–Kier alpha value is -1.13. The van der Waals surface area contributed by atoms with E-state index in [4.69, 9.17) is 0 Å². The fourth-order valence-corrected chi connectivity index (χ4v) is 2.43. The highest BCUT2D eigenvalue weighted by Gasteiger charge is 2.45. The Morgan fingerprint density at radius 1 is 1.37 bits per heavy atom. The first-order valence-electron chi connectivity index (χ1n) is 6.38. The number of benzene rings is 1. The summed E-state index contributed by atoms with van der Waals surface area (Å²) in [5, 5.41) is 5.91. The molecule has 0 heterocycles. The van der Waals surface area contributed by atoms with Crippen molar-refractivity contribution in [1.82, 2.24) is 10.6 Å². The number of carbonyl (C=O) groups is 1. The van der Waals surface area contributed by atoms with Crippen LogP contribution in [0.5, 0.6) is 0 Å². The van der Waals surface area contributed by atoms with Crippen LogP contribution >= 0.6 is 12.4 Å². The predicted molar refractivity (Wildman–Crippen MR) is 76.1 cm³/mol. The van der Waals surface area contributed by atoms with Crippen molar-refractivity contribution in [1.29, 1.82) is 0 Å². The summed E-state index contributed by atoms with van der Waals surface area (Å²) in [6.45, 7) is 1.34. The fraction of sp³-hybridized carbons (Fsp3) is 0.500. The van der Waals surface area contributed by atoms with Gasteiger partial charge in [-0.1, -0.05) is 18.6 Å². The molecule has 0 aromatic heterocycles. The van der Waals surface area contributed by atoms with E-state index in [0.29, 0.717) is 6.54 Å². The molecule has 1 aromatic rings. The normalized spacial score (nSPS) is 16.1. The van der Waals surface area contributed by atoms with Crippen molar-refractivity contribution in [3.63, 3.8) is 0 Å². The highest BCUT2D eigenvalue weighted by molar-refractivity contribution is 5.89. The van der Waals surface area contributed by atoms with Crippen LogP contribution in [0.4, 0.5) is 4.39 Å². The van der Waals surface area contributed by atoms with Gasteiger partial charge in [0.2, 0.25) is 5.91 Å². The molecule has 1 aromatic carbocycles. The first-order valence-corrected chi connectivity index (χ1v) is 6.38. The smallest absolute Gasteiger partial charge is 0.230 e. The van der Waals surface area contributed by atoms with Gasteiger partial charge >= 0.3 is 0 Å². The molecular formula is C14H20ClFN2O. The summed E-state index contributed by atoms with van der Waals surface area (Å²) in [6, 6.07) is 6.41. The van der Waals surface area contributed by atoms with Crippen molar-refractivity contribution in [3.05, 3.63) is 35.6 Å². The molecule has 3 nitrogen and oxygen atoms in total. The number of rotatable bonds is 5. The SMILES string of the molecule is CNCCNC(=O)C1(c2cccc(F)c2)CCC1.Cl. The van der Waals surface area contributed by atoms with Gasteiger partial charge in [-0.05, 0) is 37.6 Å². The molecule has 1 aliphatic carbocycles. The Morgan fingerprint density at radius 3 is 2.63 bits per heavy atom. The maximum absolute atomic E-state index is 13.3. The number of nitrogens with one attached hydrogen (secondary N) is 2. The Bertz CT molecular complexity index is 435. The van der Waals surface area contributed by atoms with Gasteiger partial charge in [0.1, 0.15) is 5.82 Å². The summed E-state index contributed by atoms with van der Waals surface area (Å²) in [6.07, 6.45) is 2.64. The average molecular weight is 287 g/mol. The summed E-state index contributed by atoms with van der Waals surface area (Å²) in [4.78, 5) is 12.3. The lowest BCUT2D eigenvalue weighted by Crippen LogP contribution is -2.50. The highest BCUT2D eigenvalue weighted by Crippen LogP contribution is 2.44. The summed E-state index contributed by atoms with van der Waals surface area (Å²) < 4.78 is 13.3. The zero-order chi connectivity index (χ0) is 13.0. The second kappa shape index (κ2) is 6.87. The van der Waals surface area contributed by atoms with Crippen molar-refractivity contribution in [2.75, 3.05) is 20.1 Å². The summed E-state index contributed by atoms with van der Waals surface area (Å²) in [5.41, 5.74) is 0.297. The van der Waals surface area contributed by atoms with Gasteiger partial charge in [-0.2, -0.15) is 0 Å².